The van der Waals surface area contributed by atoms with Crippen LogP contribution in [0.25, 0.3) is 0 Å². The van der Waals surface area contributed by atoms with Crippen LogP contribution in [0, 0.1) is 0 Å². The Bertz CT molecular complexity index is 680. The second-order valence-corrected chi connectivity index (χ2v) is 5.53. The van der Waals surface area contributed by atoms with Gasteiger partial charge < -0.3 is 9.64 Å². The van der Waals surface area contributed by atoms with E-state index in [2.05, 4.69) is 0 Å². The van der Waals surface area contributed by atoms with Crippen LogP contribution in [0.4, 0.5) is 5.69 Å². The molecule has 120 valence electrons. The molecule has 0 fully saturated rings. The quantitative estimate of drug-likeness (QED) is 0.764. The van der Waals surface area contributed by atoms with Crippen molar-refractivity contribution in [2.75, 3.05) is 11.5 Å². The second-order valence-electron chi connectivity index (χ2n) is 5.53. The third kappa shape index (κ3) is 4.19. The van der Waals surface area contributed by atoms with Gasteiger partial charge in [0.25, 0.3) is 5.91 Å². The predicted octanol–water partition coefficient (Wildman–Crippen LogP) is 3.71. The lowest BCUT2D eigenvalue weighted by molar-refractivity contribution is -0.120. The lowest BCUT2D eigenvalue weighted by atomic mass is 10.1. The van der Waals surface area contributed by atoms with Crippen LogP contribution < -0.4 is 9.64 Å². The molecule has 0 aromatic heterocycles. The Kier molecular flexibility index (Phi) is 5.52. The zero-order valence-corrected chi connectivity index (χ0v) is 13.7. The number of ketones is 1. The smallest absolute Gasteiger partial charge is 0.265 e. The van der Waals surface area contributed by atoms with Gasteiger partial charge in [-0.2, -0.15) is 0 Å². The Labute approximate surface area is 136 Å². The van der Waals surface area contributed by atoms with Gasteiger partial charge in [0.2, 0.25) is 0 Å². The first kappa shape index (κ1) is 16.7. The van der Waals surface area contributed by atoms with Crippen LogP contribution in [0.3, 0.4) is 0 Å². The van der Waals surface area contributed by atoms with Crippen molar-refractivity contribution in [1.82, 2.24) is 0 Å². The molecule has 4 heteroatoms. The standard InChI is InChI=1S/C19H21NO3/c1-14(2)20(16-9-5-4-6-10-16)19(22)13-23-18-12-8-7-11-17(18)15(3)21/h4-12,14H,13H2,1-3H3. The van der Waals surface area contributed by atoms with Crippen LogP contribution in [0.15, 0.2) is 54.6 Å². The third-order valence-corrected chi connectivity index (χ3v) is 3.44. The monoisotopic (exact) mass is 311 g/mol. The minimum Gasteiger partial charge on any atom is -0.483 e. The Morgan fingerprint density at radius 2 is 1.61 bits per heavy atom. The average molecular weight is 311 g/mol. The molecular formula is C19H21NO3. The van der Waals surface area contributed by atoms with Gasteiger partial charge in [-0.25, -0.2) is 0 Å². The number of carbonyl (C=O) groups is 2. The first-order chi connectivity index (χ1) is 11.0. The summed E-state index contributed by atoms with van der Waals surface area (Å²) in [5.74, 6) is 0.200. The van der Waals surface area contributed by atoms with Gasteiger partial charge in [-0.15, -0.1) is 0 Å². The van der Waals surface area contributed by atoms with E-state index in [0.29, 0.717) is 11.3 Å². The molecule has 0 atom stereocenters. The van der Waals surface area contributed by atoms with Gasteiger partial charge in [0.05, 0.1) is 5.56 Å². The summed E-state index contributed by atoms with van der Waals surface area (Å²) in [4.78, 5) is 25.8. The van der Waals surface area contributed by atoms with E-state index < -0.39 is 0 Å². The minimum absolute atomic E-state index is 0.0107. The van der Waals surface area contributed by atoms with Gasteiger partial charge in [-0.3, -0.25) is 9.59 Å². The Hall–Kier alpha value is -2.62. The molecule has 2 aromatic rings. The van der Waals surface area contributed by atoms with Gasteiger partial charge in [0.15, 0.2) is 12.4 Å². The zero-order valence-electron chi connectivity index (χ0n) is 13.7. The van der Waals surface area contributed by atoms with Crippen molar-refractivity contribution in [1.29, 1.82) is 0 Å². The molecule has 1 amide bonds. The number of anilines is 1. The van der Waals surface area contributed by atoms with Gasteiger partial charge in [0, 0.05) is 11.7 Å². The molecule has 2 rings (SSSR count). The molecule has 0 bridgehead atoms. The van der Waals surface area contributed by atoms with Crippen LogP contribution in [0.1, 0.15) is 31.1 Å². The van der Waals surface area contributed by atoms with Crippen LogP contribution in [-0.2, 0) is 4.79 Å². The Morgan fingerprint density at radius 1 is 1.00 bits per heavy atom. The van der Waals surface area contributed by atoms with E-state index in [4.69, 9.17) is 4.74 Å². The van der Waals surface area contributed by atoms with Crippen molar-refractivity contribution in [3.05, 3.63) is 60.2 Å². The fourth-order valence-electron chi connectivity index (χ4n) is 2.41. The van der Waals surface area contributed by atoms with Gasteiger partial charge in [-0.05, 0) is 45.0 Å². The number of nitrogens with zero attached hydrogens (tertiary/aromatic N) is 1. The van der Waals surface area contributed by atoms with Gasteiger partial charge >= 0.3 is 0 Å². The van der Waals surface area contributed by atoms with Crippen LogP contribution in [0.2, 0.25) is 0 Å². The first-order valence-corrected chi connectivity index (χ1v) is 7.60. The lowest BCUT2D eigenvalue weighted by Crippen LogP contribution is -2.40. The summed E-state index contributed by atoms with van der Waals surface area (Å²) in [6.45, 7) is 5.27. The van der Waals surface area contributed by atoms with Gasteiger partial charge in [0.1, 0.15) is 5.75 Å². The van der Waals surface area contributed by atoms with E-state index in [9.17, 15) is 9.59 Å². The molecule has 2 aromatic carbocycles. The fourth-order valence-corrected chi connectivity index (χ4v) is 2.41. The van der Waals surface area contributed by atoms with Crippen molar-refractivity contribution in [2.45, 2.75) is 26.8 Å². The van der Waals surface area contributed by atoms with E-state index in [0.717, 1.165) is 5.69 Å². The van der Waals surface area contributed by atoms with E-state index in [1.807, 2.05) is 44.2 Å². The number of Topliss-reactive ketones (excluding diaryl/α,β-unsaturated/α-hetero) is 1. The van der Waals surface area contributed by atoms with Crippen molar-refractivity contribution < 1.29 is 14.3 Å². The number of para-hydroxylation sites is 2. The van der Waals surface area contributed by atoms with E-state index in [1.54, 1.807) is 29.2 Å². The van der Waals surface area contributed by atoms with Crippen molar-refractivity contribution in [2.24, 2.45) is 0 Å². The number of carbonyl (C=O) groups excluding carboxylic acids is 2. The SMILES string of the molecule is CC(=O)c1ccccc1OCC(=O)N(c1ccccc1)C(C)C. The summed E-state index contributed by atoms with van der Waals surface area (Å²) in [7, 11) is 0. The van der Waals surface area contributed by atoms with E-state index in [-0.39, 0.29) is 24.3 Å². The van der Waals surface area contributed by atoms with Crippen LogP contribution in [0.5, 0.6) is 5.75 Å². The van der Waals surface area contributed by atoms with Crippen LogP contribution in [-0.4, -0.2) is 24.3 Å². The van der Waals surface area contributed by atoms with Crippen molar-refractivity contribution in [3.8, 4) is 5.75 Å². The second kappa shape index (κ2) is 7.58. The summed E-state index contributed by atoms with van der Waals surface area (Å²) >= 11 is 0. The van der Waals surface area contributed by atoms with Gasteiger partial charge in [-0.1, -0.05) is 30.3 Å². The molecule has 0 N–H and O–H groups in total. The maximum absolute atomic E-state index is 12.6. The first-order valence-electron chi connectivity index (χ1n) is 7.60. The maximum Gasteiger partial charge on any atom is 0.265 e. The Morgan fingerprint density at radius 3 is 2.22 bits per heavy atom. The molecule has 0 aliphatic rings. The molecular weight excluding hydrogens is 290 g/mol. The molecule has 0 aliphatic heterocycles. The summed E-state index contributed by atoms with van der Waals surface area (Å²) in [5, 5.41) is 0. The molecule has 23 heavy (non-hydrogen) atoms. The topological polar surface area (TPSA) is 46.6 Å². The number of benzene rings is 2. The minimum atomic E-state index is -0.149. The number of ether oxygens (including phenoxy) is 1. The normalized spacial score (nSPS) is 10.4. The molecule has 0 saturated carbocycles. The lowest BCUT2D eigenvalue weighted by Gasteiger charge is -2.27. The summed E-state index contributed by atoms with van der Waals surface area (Å²) in [6, 6.07) is 16.4. The summed E-state index contributed by atoms with van der Waals surface area (Å²) in [6.07, 6.45) is 0. The summed E-state index contributed by atoms with van der Waals surface area (Å²) < 4.78 is 5.60. The highest BCUT2D eigenvalue weighted by molar-refractivity contribution is 5.97. The van der Waals surface area contributed by atoms with E-state index >= 15 is 0 Å². The predicted molar refractivity (Wildman–Crippen MR) is 91.0 cm³/mol. The van der Waals surface area contributed by atoms with Crippen molar-refractivity contribution >= 4 is 17.4 Å². The number of rotatable bonds is 6. The van der Waals surface area contributed by atoms with Crippen molar-refractivity contribution in [3.63, 3.8) is 0 Å². The molecule has 0 spiro atoms. The van der Waals surface area contributed by atoms with E-state index in [1.165, 1.54) is 6.92 Å². The largest absolute Gasteiger partial charge is 0.483 e. The molecule has 4 nitrogen and oxygen atoms in total. The summed E-state index contributed by atoms with van der Waals surface area (Å²) in [5.41, 5.74) is 1.31. The average Bonchev–Trinajstić information content (AvgIpc) is 2.54. The molecule has 0 radical (unpaired) electrons. The number of hydrogen-bond donors (Lipinski definition) is 0. The van der Waals surface area contributed by atoms with Crippen LogP contribution >= 0.6 is 0 Å². The fraction of sp³-hybridized carbons (Fsp3) is 0.263. The number of amides is 1. The number of hydrogen-bond acceptors (Lipinski definition) is 3. The highest BCUT2D eigenvalue weighted by Gasteiger charge is 2.20. The maximum atomic E-state index is 12.6. The highest BCUT2D eigenvalue weighted by Crippen LogP contribution is 2.20. The molecule has 0 aliphatic carbocycles. The molecule has 0 unspecified atom stereocenters. The molecule has 0 saturated heterocycles. The third-order valence-electron chi connectivity index (χ3n) is 3.44. The zero-order chi connectivity index (χ0) is 16.8. The molecule has 0 heterocycles. The Balaban J connectivity index is 2.13. The highest BCUT2D eigenvalue weighted by atomic mass is 16.5.